The van der Waals surface area contributed by atoms with Crippen LogP contribution in [0.15, 0.2) is 28.7 Å². The lowest BCUT2D eigenvalue weighted by atomic mass is 10.2. The SMILES string of the molecule is COc1ccc(-c2nc(COS(C)(=O)=O)c(COC3CCCCO3)o2)cc1. The van der Waals surface area contributed by atoms with Crippen molar-refractivity contribution >= 4 is 10.1 Å². The van der Waals surface area contributed by atoms with Crippen molar-refractivity contribution in [1.29, 1.82) is 0 Å². The van der Waals surface area contributed by atoms with Gasteiger partial charge < -0.3 is 18.6 Å². The maximum Gasteiger partial charge on any atom is 0.264 e. The summed E-state index contributed by atoms with van der Waals surface area (Å²) >= 11 is 0. The number of aromatic nitrogens is 1. The van der Waals surface area contributed by atoms with Crippen molar-refractivity contribution in [2.45, 2.75) is 38.8 Å². The average molecular weight is 397 g/mol. The van der Waals surface area contributed by atoms with Gasteiger partial charge in [-0.05, 0) is 43.5 Å². The van der Waals surface area contributed by atoms with Gasteiger partial charge in [0.05, 0.1) is 13.4 Å². The summed E-state index contributed by atoms with van der Waals surface area (Å²) in [7, 11) is -2.02. The highest BCUT2D eigenvalue weighted by molar-refractivity contribution is 7.85. The first kappa shape index (κ1) is 19.8. The third-order valence-electron chi connectivity index (χ3n) is 4.06. The molecule has 1 aromatic carbocycles. The number of oxazole rings is 1. The Labute approximate surface area is 158 Å². The third kappa shape index (κ3) is 5.77. The van der Waals surface area contributed by atoms with E-state index in [1.54, 1.807) is 31.4 Å². The maximum absolute atomic E-state index is 11.3. The van der Waals surface area contributed by atoms with Gasteiger partial charge in [0, 0.05) is 12.2 Å². The summed E-state index contributed by atoms with van der Waals surface area (Å²) in [5.74, 6) is 1.48. The molecule has 8 nitrogen and oxygen atoms in total. The van der Waals surface area contributed by atoms with E-state index in [0.717, 1.165) is 31.1 Å². The summed E-state index contributed by atoms with van der Waals surface area (Å²) in [4.78, 5) is 4.39. The van der Waals surface area contributed by atoms with Gasteiger partial charge in [0.2, 0.25) is 5.89 Å². The van der Waals surface area contributed by atoms with Crippen LogP contribution >= 0.6 is 0 Å². The molecule has 0 aliphatic carbocycles. The molecule has 1 saturated heterocycles. The minimum atomic E-state index is -3.60. The number of benzene rings is 1. The highest BCUT2D eigenvalue weighted by Crippen LogP contribution is 2.26. The van der Waals surface area contributed by atoms with E-state index in [4.69, 9.17) is 22.8 Å². The first-order valence-electron chi connectivity index (χ1n) is 8.65. The molecule has 1 aliphatic rings. The van der Waals surface area contributed by atoms with E-state index in [0.29, 0.717) is 29.7 Å². The van der Waals surface area contributed by atoms with E-state index in [-0.39, 0.29) is 19.5 Å². The number of ether oxygens (including phenoxy) is 3. The van der Waals surface area contributed by atoms with E-state index in [1.807, 2.05) is 0 Å². The van der Waals surface area contributed by atoms with Gasteiger partial charge in [-0.15, -0.1) is 0 Å². The van der Waals surface area contributed by atoms with Gasteiger partial charge in [-0.1, -0.05) is 0 Å². The van der Waals surface area contributed by atoms with Crippen LogP contribution in [0, 0.1) is 0 Å². The molecule has 1 unspecified atom stereocenters. The normalized spacial score (nSPS) is 17.8. The van der Waals surface area contributed by atoms with Crippen molar-refractivity contribution in [3.8, 4) is 17.2 Å². The van der Waals surface area contributed by atoms with Gasteiger partial charge in [0.15, 0.2) is 12.1 Å². The fourth-order valence-electron chi connectivity index (χ4n) is 2.64. The fraction of sp³-hybridized carbons (Fsp3) is 0.500. The molecule has 2 heterocycles. The summed E-state index contributed by atoms with van der Waals surface area (Å²) in [6.07, 6.45) is 3.58. The van der Waals surface area contributed by atoms with Crippen molar-refractivity contribution in [3.63, 3.8) is 0 Å². The Morgan fingerprint density at radius 3 is 2.59 bits per heavy atom. The van der Waals surface area contributed by atoms with E-state index in [1.165, 1.54) is 0 Å². The summed E-state index contributed by atoms with van der Waals surface area (Å²) in [5.41, 5.74) is 1.11. The zero-order chi connectivity index (χ0) is 19.3. The minimum absolute atomic E-state index is 0.121. The van der Waals surface area contributed by atoms with Gasteiger partial charge in [0.25, 0.3) is 10.1 Å². The fourth-order valence-corrected chi connectivity index (χ4v) is 2.97. The van der Waals surface area contributed by atoms with Gasteiger partial charge in [-0.25, -0.2) is 4.98 Å². The second kappa shape index (κ2) is 8.83. The summed E-state index contributed by atoms with van der Waals surface area (Å²) in [6, 6.07) is 7.19. The molecule has 3 rings (SSSR count). The van der Waals surface area contributed by atoms with Crippen molar-refractivity contribution in [3.05, 3.63) is 35.7 Å². The molecule has 0 amide bonds. The summed E-state index contributed by atoms with van der Waals surface area (Å²) in [5, 5.41) is 0. The van der Waals surface area contributed by atoms with Crippen LogP contribution in [-0.4, -0.2) is 39.7 Å². The highest BCUT2D eigenvalue weighted by atomic mass is 32.2. The zero-order valence-corrected chi connectivity index (χ0v) is 16.2. The first-order valence-corrected chi connectivity index (χ1v) is 10.5. The van der Waals surface area contributed by atoms with Gasteiger partial charge in [-0.3, -0.25) is 4.18 Å². The number of rotatable bonds is 8. The standard InChI is InChI=1S/C18H23NO7S/c1-22-14-8-6-13(7-9-14)18-19-15(11-25-27(2,20)21)16(26-18)12-24-17-5-3-4-10-23-17/h6-9,17H,3-5,10-12H2,1-2H3. The van der Waals surface area contributed by atoms with Crippen LogP contribution in [0.25, 0.3) is 11.5 Å². The van der Waals surface area contributed by atoms with Crippen LogP contribution in [0.2, 0.25) is 0 Å². The lowest BCUT2D eigenvalue weighted by Gasteiger charge is -2.22. The molecule has 0 bridgehead atoms. The lowest BCUT2D eigenvalue weighted by Crippen LogP contribution is -2.22. The molecule has 1 fully saturated rings. The highest BCUT2D eigenvalue weighted by Gasteiger charge is 2.20. The number of hydrogen-bond donors (Lipinski definition) is 0. The molecule has 1 aromatic heterocycles. The Morgan fingerprint density at radius 1 is 1.19 bits per heavy atom. The Kier molecular flexibility index (Phi) is 6.48. The molecule has 1 atom stereocenters. The van der Waals surface area contributed by atoms with E-state index in [9.17, 15) is 8.42 Å². The van der Waals surface area contributed by atoms with Gasteiger partial charge >= 0.3 is 0 Å². The minimum Gasteiger partial charge on any atom is -0.497 e. The summed E-state index contributed by atoms with van der Waals surface area (Å²) < 4.78 is 49.8. The van der Waals surface area contributed by atoms with Crippen LogP contribution in [-0.2, 0) is 37.0 Å². The zero-order valence-electron chi connectivity index (χ0n) is 15.3. The Bertz CT molecular complexity index is 839. The quantitative estimate of drug-likeness (QED) is 0.627. The Morgan fingerprint density at radius 2 is 1.96 bits per heavy atom. The monoisotopic (exact) mass is 397 g/mol. The molecular formula is C18H23NO7S. The second-order valence-corrected chi connectivity index (χ2v) is 7.83. The predicted octanol–water partition coefficient (Wildman–Crippen LogP) is 2.87. The smallest absolute Gasteiger partial charge is 0.264 e. The molecule has 148 valence electrons. The average Bonchev–Trinajstić information content (AvgIpc) is 3.08. The van der Waals surface area contributed by atoms with Gasteiger partial charge in [-0.2, -0.15) is 8.42 Å². The molecule has 1 aliphatic heterocycles. The number of hydrogen-bond acceptors (Lipinski definition) is 8. The van der Waals surface area contributed by atoms with Crippen molar-refractivity contribution in [2.75, 3.05) is 20.0 Å². The van der Waals surface area contributed by atoms with E-state index < -0.39 is 10.1 Å². The second-order valence-electron chi connectivity index (χ2n) is 6.19. The third-order valence-corrected chi connectivity index (χ3v) is 4.61. The topological polar surface area (TPSA) is 97.1 Å². The first-order chi connectivity index (χ1) is 12.9. The molecule has 0 radical (unpaired) electrons. The number of nitrogens with zero attached hydrogens (tertiary/aromatic N) is 1. The van der Waals surface area contributed by atoms with Crippen LogP contribution in [0.4, 0.5) is 0 Å². The molecule has 0 saturated carbocycles. The van der Waals surface area contributed by atoms with Crippen molar-refractivity contribution < 1.29 is 31.2 Å². The predicted molar refractivity (Wildman–Crippen MR) is 96.5 cm³/mol. The molecule has 9 heteroatoms. The Hall–Kier alpha value is -1.94. The largest absolute Gasteiger partial charge is 0.497 e. The summed E-state index contributed by atoms with van der Waals surface area (Å²) in [6.45, 7) is 0.571. The van der Waals surface area contributed by atoms with Crippen LogP contribution < -0.4 is 4.74 Å². The van der Waals surface area contributed by atoms with Crippen LogP contribution in [0.1, 0.15) is 30.7 Å². The maximum atomic E-state index is 11.3. The molecule has 2 aromatic rings. The van der Waals surface area contributed by atoms with Crippen LogP contribution in [0.5, 0.6) is 5.75 Å². The molecular weight excluding hydrogens is 374 g/mol. The molecule has 27 heavy (non-hydrogen) atoms. The van der Waals surface area contributed by atoms with Crippen molar-refractivity contribution in [1.82, 2.24) is 4.98 Å². The molecule has 0 spiro atoms. The Balaban J connectivity index is 1.78. The lowest BCUT2D eigenvalue weighted by molar-refractivity contribution is -0.171. The van der Waals surface area contributed by atoms with E-state index >= 15 is 0 Å². The van der Waals surface area contributed by atoms with E-state index in [2.05, 4.69) is 4.98 Å². The molecule has 0 N–H and O–H groups in total. The van der Waals surface area contributed by atoms with Gasteiger partial charge in [0.1, 0.15) is 24.7 Å². The van der Waals surface area contributed by atoms with Crippen LogP contribution in [0.3, 0.4) is 0 Å². The number of methoxy groups -OCH3 is 1. The van der Waals surface area contributed by atoms with Crippen molar-refractivity contribution in [2.24, 2.45) is 0 Å².